The lowest BCUT2D eigenvalue weighted by molar-refractivity contribution is 0.0697. The Morgan fingerprint density at radius 1 is 1.18 bits per heavy atom. The second-order valence-electron chi connectivity index (χ2n) is 6.01. The Hall–Kier alpha value is -3.58. The number of hydrogen-bond donors (Lipinski definition) is 2. The third kappa shape index (κ3) is 3.47. The first-order valence-corrected chi connectivity index (χ1v) is 8.72. The predicted octanol–water partition coefficient (Wildman–Crippen LogP) is 4.50. The SMILES string of the molecule is COc1cc(Cl)cc(-c2cccn3nc(Nc4ccc(C(=O)O)cc4)nc23)c1. The van der Waals surface area contributed by atoms with Gasteiger partial charge in [0.25, 0.3) is 0 Å². The molecule has 140 valence electrons. The van der Waals surface area contributed by atoms with Crippen LogP contribution in [0.1, 0.15) is 10.4 Å². The first-order chi connectivity index (χ1) is 13.5. The van der Waals surface area contributed by atoms with Gasteiger partial charge in [-0.3, -0.25) is 0 Å². The number of carboxylic acids is 1. The molecular formula is C20H15ClN4O3. The van der Waals surface area contributed by atoms with E-state index in [1.807, 2.05) is 24.3 Å². The number of hydrogen-bond acceptors (Lipinski definition) is 5. The molecule has 0 aliphatic heterocycles. The van der Waals surface area contributed by atoms with Crippen LogP contribution in [0.5, 0.6) is 5.75 Å². The highest BCUT2D eigenvalue weighted by atomic mass is 35.5. The Bertz CT molecular complexity index is 1170. The van der Waals surface area contributed by atoms with Crippen molar-refractivity contribution in [1.82, 2.24) is 14.6 Å². The molecule has 0 radical (unpaired) electrons. The summed E-state index contributed by atoms with van der Waals surface area (Å²) in [7, 11) is 1.59. The van der Waals surface area contributed by atoms with Crippen molar-refractivity contribution in [1.29, 1.82) is 0 Å². The summed E-state index contributed by atoms with van der Waals surface area (Å²) < 4.78 is 6.96. The molecule has 7 nitrogen and oxygen atoms in total. The fraction of sp³-hybridized carbons (Fsp3) is 0.0500. The van der Waals surface area contributed by atoms with Crippen molar-refractivity contribution in [3.05, 3.63) is 71.4 Å². The first kappa shape index (κ1) is 17.8. The van der Waals surface area contributed by atoms with Crippen LogP contribution in [0, 0.1) is 0 Å². The van der Waals surface area contributed by atoms with E-state index in [0.29, 0.717) is 28.1 Å². The van der Waals surface area contributed by atoms with Crippen molar-refractivity contribution >= 4 is 34.9 Å². The molecule has 0 saturated carbocycles. The highest BCUT2D eigenvalue weighted by Gasteiger charge is 2.12. The maximum Gasteiger partial charge on any atom is 0.335 e. The summed E-state index contributed by atoms with van der Waals surface area (Å²) in [5.74, 6) is 0.0735. The Labute approximate surface area is 165 Å². The fourth-order valence-corrected chi connectivity index (χ4v) is 3.07. The Kier molecular flexibility index (Phi) is 4.58. The maximum absolute atomic E-state index is 11.0. The van der Waals surface area contributed by atoms with Gasteiger partial charge in [0.15, 0.2) is 5.65 Å². The second kappa shape index (κ2) is 7.21. The lowest BCUT2D eigenvalue weighted by atomic mass is 10.1. The van der Waals surface area contributed by atoms with E-state index < -0.39 is 5.97 Å². The number of halogens is 1. The third-order valence-electron chi connectivity index (χ3n) is 4.17. The van der Waals surface area contributed by atoms with Crippen LogP contribution < -0.4 is 10.1 Å². The highest BCUT2D eigenvalue weighted by molar-refractivity contribution is 6.31. The Morgan fingerprint density at radius 3 is 2.68 bits per heavy atom. The van der Waals surface area contributed by atoms with Crippen molar-refractivity contribution in [2.24, 2.45) is 0 Å². The van der Waals surface area contributed by atoms with Crippen LogP contribution in [0.3, 0.4) is 0 Å². The zero-order valence-electron chi connectivity index (χ0n) is 14.8. The van der Waals surface area contributed by atoms with E-state index in [0.717, 1.165) is 11.1 Å². The van der Waals surface area contributed by atoms with Crippen LogP contribution in [-0.2, 0) is 0 Å². The van der Waals surface area contributed by atoms with E-state index in [9.17, 15) is 4.79 Å². The summed E-state index contributed by atoms with van der Waals surface area (Å²) in [5, 5.41) is 17.1. The van der Waals surface area contributed by atoms with Gasteiger partial charge in [0.05, 0.1) is 12.7 Å². The monoisotopic (exact) mass is 394 g/mol. The molecule has 2 aromatic carbocycles. The number of nitrogens with one attached hydrogen (secondary N) is 1. The minimum absolute atomic E-state index is 0.214. The lowest BCUT2D eigenvalue weighted by Crippen LogP contribution is -1.97. The van der Waals surface area contributed by atoms with Gasteiger partial charge < -0.3 is 15.2 Å². The minimum Gasteiger partial charge on any atom is -0.497 e. The van der Waals surface area contributed by atoms with Crippen molar-refractivity contribution in [3.63, 3.8) is 0 Å². The zero-order chi connectivity index (χ0) is 19.7. The van der Waals surface area contributed by atoms with Crippen LogP contribution >= 0.6 is 11.6 Å². The van der Waals surface area contributed by atoms with Gasteiger partial charge >= 0.3 is 5.97 Å². The number of aromatic carboxylic acids is 1. The number of fused-ring (bicyclic) bond motifs is 1. The molecule has 0 unspecified atom stereocenters. The van der Waals surface area contributed by atoms with E-state index in [2.05, 4.69) is 15.4 Å². The van der Waals surface area contributed by atoms with Crippen LogP contribution in [0.2, 0.25) is 5.02 Å². The molecular weight excluding hydrogens is 380 g/mol. The van der Waals surface area contributed by atoms with Crippen LogP contribution in [0.15, 0.2) is 60.8 Å². The van der Waals surface area contributed by atoms with E-state index in [-0.39, 0.29) is 5.56 Å². The molecule has 0 fully saturated rings. The summed E-state index contributed by atoms with van der Waals surface area (Å²) in [6, 6.07) is 15.6. The van der Waals surface area contributed by atoms with Crippen molar-refractivity contribution in [3.8, 4) is 16.9 Å². The maximum atomic E-state index is 11.0. The van der Waals surface area contributed by atoms with Crippen molar-refractivity contribution in [2.45, 2.75) is 0 Å². The molecule has 2 heterocycles. The van der Waals surface area contributed by atoms with E-state index in [1.165, 1.54) is 12.1 Å². The largest absolute Gasteiger partial charge is 0.497 e. The average Bonchev–Trinajstić information content (AvgIpc) is 3.10. The van der Waals surface area contributed by atoms with Gasteiger partial charge in [-0.1, -0.05) is 11.6 Å². The zero-order valence-corrected chi connectivity index (χ0v) is 15.5. The minimum atomic E-state index is -0.973. The van der Waals surface area contributed by atoms with E-state index in [1.54, 1.807) is 36.0 Å². The molecule has 0 saturated heterocycles. The summed E-state index contributed by atoms with van der Waals surface area (Å²) >= 11 is 6.20. The van der Waals surface area contributed by atoms with Gasteiger partial charge in [-0.05, 0) is 60.2 Å². The quantitative estimate of drug-likeness (QED) is 0.518. The number of ether oxygens (including phenoxy) is 1. The fourth-order valence-electron chi connectivity index (χ4n) is 2.85. The normalized spacial score (nSPS) is 10.8. The Balaban J connectivity index is 1.71. The molecule has 0 aliphatic rings. The van der Waals surface area contributed by atoms with Gasteiger partial charge in [-0.2, -0.15) is 4.98 Å². The number of benzene rings is 2. The molecule has 8 heteroatoms. The molecule has 2 aromatic heterocycles. The number of nitrogens with zero attached hydrogens (tertiary/aromatic N) is 3. The summed E-state index contributed by atoms with van der Waals surface area (Å²) in [6.07, 6.45) is 1.80. The van der Waals surface area contributed by atoms with Gasteiger partial charge in [-0.15, -0.1) is 5.10 Å². The molecule has 0 spiro atoms. The number of carboxylic acid groups (broad SMARTS) is 1. The van der Waals surface area contributed by atoms with Crippen LogP contribution in [0.4, 0.5) is 11.6 Å². The molecule has 28 heavy (non-hydrogen) atoms. The first-order valence-electron chi connectivity index (χ1n) is 8.34. The molecule has 0 bridgehead atoms. The smallest absolute Gasteiger partial charge is 0.335 e. The number of methoxy groups -OCH3 is 1. The number of pyridine rings is 1. The third-order valence-corrected chi connectivity index (χ3v) is 4.39. The van der Waals surface area contributed by atoms with Gasteiger partial charge in [0, 0.05) is 22.5 Å². The van der Waals surface area contributed by atoms with Crippen LogP contribution in [-0.4, -0.2) is 32.8 Å². The van der Waals surface area contributed by atoms with Crippen LogP contribution in [0.25, 0.3) is 16.8 Å². The number of rotatable bonds is 5. The summed E-state index contributed by atoms with van der Waals surface area (Å²) in [5.41, 5.74) is 3.26. The van der Waals surface area contributed by atoms with Gasteiger partial charge in [0.2, 0.25) is 5.95 Å². The molecule has 2 N–H and O–H groups in total. The number of aromatic nitrogens is 3. The topological polar surface area (TPSA) is 88.8 Å². The van der Waals surface area contributed by atoms with Crippen molar-refractivity contribution < 1.29 is 14.6 Å². The number of anilines is 2. The lowest BCUT2D eigenvalue weighted by Gasteiger charge is -2.06. The molecule has 4 rings (SSSR count). The second-order valence-corrected chi connectivity index (χ2v) is 6.45. The summed E-state index contributed by atoms with van der Waals surface area (Å²) in [6.45, 7) is 0. The van der Waals surface area contributed by atoms with E-state index >= 15 is 0 Å². The van der Waals surface area contributed by atoms with Crippen molar-refractivity contribution in [2.75, 3.05) is 12.4 Å². The molecule has 0 aliphatic carbocycles. The standard InChI is InChI=1S/C20H15ClN4O3/c1-28-16-10-13(9-14(21)11-16)17-3-2-8-25-18(17)23-20(24-25)22-15-6-4-12(5-7-15)19(26)27/h2-11H,1H3,(H,22,24)(H,26,27). The van der Waals surface area contributed by atoms with Gasteiger partial charge in [-0.25, -0.2) is 9.31 Å². The molecule has 0 amide bonds. The van der Waals surface area contributed by atoms with Gasteiger partial charge in [0.1, 0.15) is 5.75 Å². The average molecular weight is 395 g/mol. The Morgan fingerprint density at radius 2 is 1.96 bits per heavy atom. The highest BCUT2D eigenvalue weighted by Crippen LogP contribution is 2.31. The predicted molar refractivity (Wildman–Crippen MR) is 107 cm³/mol. The molecule has 0 atom stereocenters. The molecule has 4 aromatic rings. The summed E-state index contributed by atoms with van der Waals surface area (Å²) in [4.78, 5) is 15.5. The van der Waals surface area contributed by atoms with E-state index in [4.69, 9.17) is 21.4 Å². The number of carbonyl (C=O) groups is 1.